The molecule has 0 bridgehead atoms. The van der Waals surface area contributed by atoms with Crippen molar-refractivity contribution in [3.05, 3.63) is 78.4 Å². The molecule has 0 radical (unpaired) electrons. The fraction of sp³-hybridized carbons (Fsp3) is 0.348. The molecular formula is C23H29NO4. The maximum atomic E-state index is 12.1. The molecule has 0 saturated carbocycles. The van der Waals surface area contributed by atoms with Crippen LogP contribution in [0.2, 0.25) is 0 Å². The highest BCUT2D eigenvalue weighted by Crippen LogP contribution is 2.17. The first-order valence-corrected chi connectivity index (χ1v) is 9.32. The summed E-state index contributed by atoms with van der Waals surface area (Å²) in [6, 6.07) is 17.0. The van der Waals surface area contributed by atoms with Crippen molar-refractivity contribution in [3.8, 4) is 5.75 Å². The first-order valence-electron chi connectivity index (χ1n) is 9.32. The van der Waals surface area contributed by atoms with Crippen LogP contribution in [0.4, 0.5) is 4.79 Å². The van der Waals surface area contributed by atoms with Gasteiger partial charge in [-0.15, -0.1) is 6.58 Å². The Morgan fingerprint density at radius 2 is 1.75 bits per heavy atom. The molecule has 5 nitrogen and oxygen atoms in total. The average molecular weight is 383 g/mol. The quantitative estimate of drug-likeness (QED) is 0.669. The molecule has 0 fully saturated rings. The summed E-state index contributed by atoms with van der Waals surface area (Å²) in [5, 5.41) is 12.9. The Labute approximate surface area is 167 Å². The van der Waals surface area contributed by atoms with Gasteiger partial charge in [0, 0.05) is 0 Å². The minimum absolute atomic E-state index is 0.436. The summed E-state index contributed by atoms with van der Waals surface area (Å²) in [5.74, 6) is 0.758. The molecule has 0 aliphatic rings. The number of rotatable bonds is 8. The van der Waals surface area contributed by atoms with E-state index in [-0.39, 0.29) is 0 Å². The highest BCUT2D eigenvalue weighted by atomic mass is 16.6. The minimum Gasteiger partial charge on any atom is -0.489 e. The summed E-state index contributed by atoms with van der Waals surface area (Å²) >= 11 is 0. The van der Waals surface area contributed by atoms with Crippen LogP contribution in [-0.4, -0.2) is 28.9 Å². The zero-order chi connectivity index (χ0) is 20.6. The zero-order valence-corrected chi connectivity index (χ0v) is 16.7. The molecule has 2 aromatic rings. The summed E-state index contributed by atoms with van der Waals surface area (Å²) in [7, 11) is 0. The number of alkyl carbamates (subject to hydrolysis) is 1. The Hall–Kier alpha value is -2.79. The van der Waals surface area contributed by atoms with Gasteiger partial charge >= 0.3 is 6.09 Å². The van der Waals surface area contributed by atoms with Crippen molar-refractivity contribution >= 4 is 6.09 Å². The van der Waals surface area contributed by atoms with E-state index in [4.69, 9.17) is 9.47 Å². The van der Waals surface area contributed by atoms with Crippen molar-refractivity contribution < 1.29 is 19.4 Å². The van der Waals surface area contributed by atoms with Gasteiger partial charge in [-0.25, -0.2) is 4.79 Å². The molecule has 1 unspecified atom stereocenters. The van der Waals surface area contributed by atoms with Crippen molar-refractivity contribution in [2.24, 2.45) is 0 Å². The largest absolute Gasteiger partial charge is 0.489 e. The second kappa shape index (κ2) is 9.95. The van der Waals surface area contributed by atoms with E-state index in [9.17, 15) is 9.90 Å². The van der Waals surface area contributed by atoms with Gasteiger partial charge in [-0.05, 0) is 50.5 Å². The number of carbonyl (C=O) groups excluding carboxylic acids is 1. The maximum absolute atomic E-state index is 12.1. The second-order valence-corrected chi connectivity index (χ2v) is 7.60. The highest BCUT2D eigenvalue weighted by molar-refractivity contribution is 5.68. The number of benzene rings is 2. The van der Waals surface area contributed by atoms with E-state index in [1.165, 1.54) is 6.08 Å². The normalized spacial score (nSPS) is 13.3. The van der Waals surface area contributed by atoms with Crippen LogP contribution in [0.3, 0.4) is 0 Å². The van der Waals surface area contributed by atoms with Crippen LogP contribution in [0.15, 0.2) is 67.3 Å². The van der Waals surface area contributed by atoms with Gasteiger partial charge in [-0.1, -0.05) is 48.5 Å². The first kappa shape index (κ1) is 21.5. The van der Waals surface area contributed by atoms with Gasteiger partial charge in [0.05, 0.1) is 12.1 Å². The molecule has 5 heteroatoms. The van der Waals surface area contributed by atoms with Crippen molar-refractivity contribution in [2.75, 3.05) is 0 Å². The summed E-state index contributed by atoms with van der Waals surface area (Å²) < 4.78 is 11.1. The Morgan fingerprint density at radius 3 is 2.32 bits per heavy atom. The maximum Gasteiger partial charge on any atom is 0.407 e. The number of nitrogens with one attached hydrogen (secondary N) is 1. The van der Waals surface area contributed by atoms with E-state index in [0.717, 1.165) is 16.9 Å². The van der Waals surface area contributed by atoms with E-state index in [0.29, 0.717) is 13.0 Å². The molecule has 0 aliphatic carbocycles. The van der Waals surface area contributed by atoms with Gasteiger partial charge < -0.3 is 19.9 Å². The van der Waals surface area contributed by atoms with Crippen molar-refractivity contribution in [2.45, 2.75) is 51.5 Å². The fourth-order valence-electron chi connectivity index (χ4n) is 2.60. The number of ether oxygens (including phenoxy) is 2. The Morgan fingerprint density at radius 1 is 1.11 bits per heavy atom. The second-order valence-electron chi connectivity index (χ2n) is 7.60. The lowest BCUT2D eigenvalue weighted by molar-refractivity contribution is 0.0455. The van der Waals surface area contributed by atoms with Crippen LogP contribution in [0.1, 0.15) is 31.9 Å². The van der Waals surface area contributed by atoms with Crippen LogP contribution >= 0.6 is 0 Å². The molecule has 2 N–H and O–H groups in total. The number of hydrogen-bond acceptors (Lipinski definition) is 4. The van der Waals surface area contributed by atoms with Gasteiger partial charge in [0.25, 0.3) is 0 Å². The van der Waals surface area contributed by atoms with Gasteiger partial charge in [-0.3, -0.25) is 0 Å². The third-order valence-corrected chi connectivity index (χ3v) is 3.98. The lowest BCUT2D eigenvalue weighted by Crippen LogP contribution is -2.46. The van der Waals surface area contributed by atoms with Crippen LogP contribution in [0.5, 0.6) is 5.75 Å². The number of aliphatic hydroxyl groups is 1. The molecule has 28 heavy (non-hydrogen) atoms. The number of hydrogen-bond donors (Lipinski definition) is 2. The molecule has 1 amide bonds. The Balaban J connectivity index is 1.96. The molecule has 0 heterocycles. The lowest BCUT2D eigenvalue weighted by Gasteiger charge is -2.25. The predicted molar refractivity (Wildman–Crippen MR) is 110 cm³/mol. The SMILES string of the molecule is C=C[C@H](O)C(Cc1ccc(OCc2ccccc2)cc1)NC(=O)OC(C)(C)C. The summed E-state index contributed by atoms with van der Waals surface area (Å²) in [5.41, 5.74) is 1.45. The van der Waals surface area contributed by atoms with E-state index < -0.39 is 23.8 Å². The molecule has 2 atom stereocenters. The van der Waals surface area contributed by atoms with Crippen molar-refractivity contribution in [1.29, 1.82) is 0 Å². The van der Waals surface area contributed by atoms with Crippen molar-refractivity contribution in [1.82, 2.24) is 5.32 Å². The topological polar surface area (TPSA) is 67.8 Å². The van der Waals surface area contributed by atoms with Gasteiger partial charge in [-0.2, -0.15) is 0 Å². The van der Waals surface area contributed by atoms with E-state index in [1.54, 1.807) is 20.8 Å². The molecule has 150 valence electrons. The van der Waals surface area contributed by atoms with E-state index in [1.807, 2.05) is 54.6 Å². The third-order valence-electron chi connectivity index (χ3n) is 3.98. The van der Waals surface area contributed by atoms with Crippen LogP contribution in [-0.2, 0) is 17.8 Å². The molecule has 0 aliphatic heterocycles. The first-order chi connectivity index (χ1) is 13.3. The van der Waals surface area contributed by atoms with Crippen LogP contribution < -0.4 is 10.1 Å². The number of carbonyl (C=O) groups is 1. The van der Waals surface area contributed by atoms with E-state index in [2.05, 4.69) is 11.9 Å². The number of aliphatic hydroxyl groups excluding tert-OH is 1. The zero-order valence-electron chi connectivity index (χ0n) is 16.7. The molecule has 0 spiro atoms. The molecule has 2 aromatic carbocycles. The fourth-order valence-corrected chi connectivity index (χ4v) is 2.60. The third kappa shape index (κ3) is 7.45. The predicted octanol–water partition coefficient (Wildman–Crippen LogP) is 4.25. The van der Waals surface area contributed by atoms with Gasteiger partial charge in [0.2, 0.25) is 0 Å². The monoisotopic (exact) mass is 383 g/mol. The van der Waals surface area contributed by atoms with Gasteiger partial charge in [0.15, 0.2) is 0 Å². The highest BCUT2D eigenvalue weighted by Gasteiger charge is 2.23. The minimum atomic E-state index is -0.887. The van der Waals surface area contributed by atoms with Crippen LogP contribution in [0.25, 0.3) is 0 Å². The molecule has 0 saturated heterocycles. The molecular weight excluding hydrogens is 354 g/mol. The molecule has 2 rings (SSSR count). The Kier molecular flexibility index (Phi) is 7.64. The average Bonchev–Trinajstić information content (AvgIpc) is 2.65. The smallest absolute Gasteiger partial charge is 0.407 e. The standard InChI is InChI=1S/C23H29NO4/c1-5-21(25)20(24-22(26)28-23(2,3)4)15-17-11-13-19(14-12-17)27-16-18-9-7-6-8-10-18/h5-14,20-21,25H,1,15-16H2,2-4H3,(H,24,26)/t20?,21-/m0/s1. The summed E-state index contributed by atoms with van der Waals surface area (Å²) in [6.45, 7) is 9.48. The summed E-state index contributed by atoms with van der Waals surface area (Å²) in [6.07, 6.45) is 0.382. The summed E-state index contributed by atoms with van der Waals surface area (Å²) in [4.78, 5) is 12.1. The Bertz CT molecular complexity index is 750. The lowest BCUT2D eigenvalue weighted by atomic mass is 10.0. The van der Waals surface area contributed by atoms with Crippen molar-refractivity contribution in [3.63, 3.8) is 0 Å². The van der Waals surface area contributed by atoms with E-state index >= 15 is 0 Å². The number of amides is 1. The molecule has 0 aromatic heterocycles. The van der Waals surface area contributed by atoms with Crippen LogP contribution in [0, 0.1) is 0 Å². The van der Waals surface area contributed by atoms with Gasteiger partial charge in [0.1, 0.15) is 18.0 Å².